The first-order valence-corrected chi connectivity index (χ1v) is 7.07. The van der Waals surface area contributed by atoms with Gasteiger partial charge in [0.05, 0.1) is 0 Å². The smallest absolute Gasteiger partial charge is 0.214 e. The van der Waals surface area contributed by atoms with Crippen LogP contribution in [0.5, 0.6) is 0 Å². The Kier molecular flexibility index (Phi) is 3.72. The summed E-state index contributed by atoms with van der Waals surface area (Å²) in [5, 5.41) is 8.39. The number of aromatic amines is 1. The van der Waals surface area contributed by atoms with Crippen molar-refractivity contribution < 1.29 is 0 Å². The summed E-state index contributed by atoms with van der Waals surface area (Å²) in [5.74, 6) is 1.59. The third kappa shape index (κ3) is 3.29. The van der Waals surface area contributed by atoms with Crippen LogP contribution in [0.15, 0.2) is 20.9 Å². The number of halogens is 1. The molecule has 1 N–H and O–H groups in total. The van der Waals surface area contributed by atoms with E-state index in [2.05, 4.69) is 61.9 Å². The minimum absolute atomic E-state index is 0.0893. The molecule has 0 radical (unpaired) electrons. The highest BCUT2D eigenvalue weighted by Crippen LogP contribution is 2.27. The molecule has 0 unspecified atom stereocenters. The van der Waals surface area contributed by atoms with Crippen LogP contribution in [-0.4, -0.2) is 25.1 Å². The predicted octanol–water partition coefficient (Wildman–Crippen LogP) is 3.11. The highest BCUT2D eigenvalue weighted by atomic mass is 79.9. The highest BCUT2D eigenvalue weighted by molar-refractivity contribution is 9.10. The fraction of sp³-hybridized carbons (Fsp3) is 0.455. The molecule has 0 bridgehead atoms. The Labute approximate surface area is 118 Å². The Bertz CT molecular complexity index is 561. The van der Waals surface area contributed by atoms with Gasteiger partial charge in [0, 0.05) is 11.5 Å². The van der Waals surface area contributed by atoms with Crippen LogP contribution in [0.4, 0.5) is 0 Å². The lowest BCUT2D eigenvalue weighted by Crippen LogP contribution is -2.16. The Morgan fingerprint density at radius 3 is 2.50 bits per heavy atom. The van der Waals surface area contributed by atoms with E-state index in [0.717, 1.165) is 21.3 Å². The molecule has 2 aromatic heterocycles. The zero-order chi connectivity index (χ0) is 13.3. The second-order valence-corrected chi connectivity index (χ2v) is 6.71. The van der Waals surface area contributed by atoms with E-state index in [-0.39, 0.29) is 5.41 Å². The van der Waals surface area contributed by atoms with Crippen LogP contribution in [0.2, 0.25) is 0 Å². The van der Waals surface area contributed by atoms with Gasteiger partial charge in [0.2, 0.25) is 5.16 Å². The Balaban J connectivity index is 2.31. The van der Waals surface area contributed by atoms with Crippen LogP contribution >= 0.6 is 27.7 Å². The quantitative estimate of drug-likeness (QED) is 0.858. The van der Waals surface area contributed by atoms with Crippen molar-refractivity contribution >= 4 is 27.7 Å². The van der Waals surface area contributed by atoms with Crippen molar-refractivity contribution in [2.75, 3.05) is 0 Å². The first-order chi connectivity index (χ1) is 8.34. The largest absolute Gasteiger partial charge is 0.262 e. The maximum atomic E-state index is 4.54. The molecule has 0 atom stereocenters. The van der Waals surface area contributed by atoms with Crippen LogP contribution in [0.3, 0.4) is 0 Å². The van der Waals surface area contributed by atoms with E-state index in [1.165, 1.54) is 11.8 Å². The fourth-order valence-corrected chi connectivity index (χ4v) is 2.55. The zero-order valence-corrected chi connectivity index (χ0v) is 13.1. The van der Waals surface area contributed by atoms with Gasteiger partial charge in [-0.15, -0.1) is 5.10 Å². The van der Waals surface area contributed by atoms with E-state index in [9.17, 15) is 0 Å². The van der Waals surface area contributed by atoms with Gasteiger partial charge in [-0.2, -0.15) is 0 Å². The third-order valence-corrected chi connectivity index (χ3v) is 3.30. The molecule has 0 aliphatic rings. The molecule has 7 heteroatoms. The number of rotatable bonds is 2. The zero-order valence-electron chi connectivity index (χ0n) is 10.7. The molecule has 2 heterocycles. The van der Waals surface area contributed by atoms with Gasteiger partial charge < -0.3 is 0 Å². The lowest BCUT2D eigenvalue weighted by Gasteiger charge is -2.17. The molecule has 0 aliphatic carbocycles. The van der Waals surface area contributed by atoms with Crippen molar-refractivity contribution in [2.45, 2.75) is 43.3 Å². The van der Waals surface area contributed by atoms with Crippen molar-refractivity contribution in [3.05, 3.63) is 22.3 Å². The van der Waals surface area contributed by atoms with Crippen LogP contribution in [0, 0.1) is 6.92 Å². The molecular formula is C11H14BrN5S. The van der Waals surface area contributed by atoms with E-state index < -0.39 is 0 Å². The maximum Gasteiger partial charge on any atom is 0.214 e. The van der Waals surface area contributed by atoms with Crippen LogP contribution in [0.1, 0.15) is 32.4 Å². The summed E-state index contributed by atoms with van der Waals surface area (Å²) in [6.45, 7) is 8.12. The predicted molar refractivity (Wildman–Crippen MR) is 73.7 cm³/mol. The molecular weight excluding hydrogens is 314 g/mol. The number of aromatic nitrogens is 5. The number of nitrogens with zero attached hydrogens (tertiary/aromatic N) is 4. The van der Waals surface area contributed by atoms with E-state index in [0.29, 0.717) is 5.16 Å². The number of nitrogens with one attached hydrogen (secondary N) is 1. The molecule has 0 aliphatic heterocycles. The summed E-state index contributed by atoms with van der Waals surface area (Å²) in [6, 6.07) is 1.87. The summed E-state index contributed by atoms with van der Waals surface area (Å²) in [7, 11) is 0. The first kappa shape index (κ1) is 13.5. The van der Waals surface area contributed by atoms with Gasteiger partial charge in [-0.05, 0) is 34.6 Å². The third-order valence-electron chi connectivity index (χ3n) is 2.11. The van der Waals surface area contributed by atoms with Gasteiger partial charge >= 0.3 is 0 Å². The molecule has 0 fully saturated rings. The van der Waals surface area contributed by atoms with Crippen LogP contribution < -0.4 is 0 Å². The highest BCUT2D eigenvalue weighted by Gasteiger charge is 2.19. The van der Waals surface area contributed by atoms with E-state index in [1.807, 2.05) is 13.0 Å². The van der Waals surface area contributed by atoms with Crippen LogP contribution in [0.25, 0.3) is 0 Å². The van der Waals surface area contributed by atoms with Crippen molar-refractivity contribution in [3.8, 4) is 0 Å². The molecule has 0 amide bonds. The molecule has 2 rings (SSSR count). The number of aryl methyl sites for hydroxylation is 1. The Hall–Kier alpha value is -0.950. The fourth-order valence-electron chi connectivity index (χ4n) is 1.25. The Morgan fingerprint density at radius 2 is 1.94 bits per heavy atom. The SMILES string of the molecule is Cc1nc(Sc2cc(Br)nc(C(C)(C)C)n2)n[nH]1. The first-order valence-electron chi connectivity index (χ1n) is 5.46. The van der Waals surface area contributed by atoms with Gasteiger partial charge in [-0.1, -0.05) is 20.8 Å². The second kappa shape index (κ2) is 4.97. The van der Waals surface area contributed by atoms with Gasteiger partial charge in [0.25, 0.3) is 0 Å². The van der Waals surface area contributed by atoms with E-state index in [1.54, 1.807) is 0 Å². The summed E-state index contributed by atoms with van der Waals surface area (Å²) in [5.41, 5.74) is -0.0893. The molecule has 96 valence electrons. The lowest BCUT2D eigenvalue weighted by molar-refractivity contribution is 0.536. The summed E-state index contributed by atoms with van der Waals surface area (Å²) >= 11 is 4.83. The monoisotopic (exact) mass is 327 g/mol. The summed E-state index contributed by atoms with van der Waals surface area (Å²) in [6.07, 6.45) is 0. The molecule has 18 heavy (non-hydrogen) atoms. The number of H-pyrrole nitrogens is 1. The molecule has 0 saturated heterocycles. The summed E-state index contributed by atoms with van der Waals surface area (Å²) in [4.78, 5) is 13.2. The minimum Gasteiger partial charge on any atom is -0.262 e. The van der Waals surface area contributed by atoms with Crippen molar-refractivity contribution in [1.29, 1.82) is 0 Å². The van der Waals surface area contributed by atoms with Gasteiger partial charge in [-0.25, -0.2) is 15.0 Å². The minimum atomic E-state index is -0.0893. The van der Waals surface area contributed by atoms with E-state index >= 15 is 0 Å². The molecule has 2 aromatic rings. The van der Waals surface area contributed by atoms with E-state index in [4.69, 9.17) is 0 Å². The summed E-state index contributed by atoms with van der Waals surface area (Å²) < 4.78 is 0.775. The molecule has 5 nitrogen and oxygen atoms in total. The van der Waals surface area contributed by atoms with Gasteiger partial charge in [0.1, 0.15) is 21.3 Å². The number of hydrogen-bond donors (Lipinski definition) is 1. The lowest BCUT2D eigenvalue weighted by atomic mass is 9.96. The average Bonchev–Trinajstić information content (AvgIpc) is 2.61. The second-order valence-electron chi connectivity index (χ2n) is 4.91. The normalized spacial score (nSPS) is 11.8. The number of hydrogen-bond acceptors (Lipinski definition) is 5. The molecule has 0 aromatic carbocycles. The Morgan fingerprint density at radius 1 is 1.22 bits per heavy atom. The van der Waals surface area contributed by atoms with Crippen LogP contribution in [-0.2, 0) is 5.41 Å². The standard InChI is InChI=1S/C11H14BrN5S/c1-6-13-10(17-16-6)18-8-5-7(12)14-9(15-8)11(2,3)4/h5H,1-4H3,(H,13,16,17). The topological polar surface area (TPSA) is 67.3 Å². The maximum absolute atomic E-state index is 4.54. The van der Waals surface area contributed by atoms with Crippen molar-refractivity contribution in [2.24, 2.45) is 0 Å². The van der Waals surface area contributed by atoms with Crippen molar-refractivity contribution in [1.82, 2.24) is 25.1 Å². The van der Waals surface area contributed by atoms with Gasteiger partial charge in [-0.3, -0.25) is 5.10 Å². The van der Waals surface area contributed by atoms with Gasteiger partial charge in [0.15, 0.2) is 0 Å². The van der Waals surface area contributed by atoms with Crippen molar-refractivity contribution in [3.63, 3.8) is 0 Å². The average molecular weight is 328 g/mol. The molecule has 0 saturated carbocycles. The molecule has 0 spiro atoms.